The van der Waals surface area contributed by atoms with Crippen LogP contribution in [0.1, 0.15) is 35.5 Å². The second-order valence-electron chi connectivity index (χ2n) is 6.31. The molecule has 0 radical (unpaired) electrons. The van der Waals surface area contributed by atoms with Crippen LogP contribution in [-0.4, -0.2) is 15.7 Å². The number of rotatable bonds is 4. The summed E-state index contributed by atoms with van der Waals surface area (Å²) in [6, 6.07) is 14.4. The molecule has 4 nitrogen and oxygen atoms in total. The van der Waals surface area contributed by atoms with Gasteiger partial charge in [0.1, 0.15) is 0 Å². The van der Waals surface area contributed by atoms with Gasteiger partial charge in [-0.2, -0.15) is 5.10 Å². The third-order valence-corrected chi connectivity index (χ3v) is 4.66. The Balaban J connectivity index is 1.79. The third kappa shape index (κ3) is 3.04. The van der Waals surface area contributed by atoms with Crippen molar-refractivity contribution in [3.8, 4) is 0 Å². The zero-order valence-electron chi connectivity index (χ0n) is 14.6. The van der Waals surface area contributed by atoms with Crippen molar-refractivity contribution in [2.75, 3.05) is 0 Å². The molecule has 1 N–H and O–H groups in total. The van der Waals surface area contributed by atoms with Crippen LogP contribution in [0.25, 0.3) is 10.8 Å². The minimum Gasteiger partial charge on any atom is -0.349 e. The van der Waals surface area contributed by atoms with Crippen molar-refractivity contribution in [2.45, 2.75) is 33.2 Å². The Hall–Kier alpha value is -2.62. The first-order valence-corrected chi connectivity index (χ1v) is 8.23. The summed E-state index contributed by atoms with van der Waals surface area (Å²) in [6.07, 6.45) is 0.362. The van der Waals surface area contributed by atoms with Gasteiger partial charge in [0.15, 0.2) is 0 Å². The van der Waals surface area contributed by atoms with E-state index in [0.717, 1.165) is 22.5 Å². The van der Waals surface area contributed by atoms with Gasteiger partial charge in [0.25, 0.3) is 0 Å². The molecule has 0 aliphatic heterocycles. The maximum atomic E-state index is 12.5. The predicted octanol–water partition coefficient (Wildman–Crippen LogP) is 3.61. The lowest BCUT2D eigenvalue weighted by Gasteiger charge is -2.17. The molecule has 0 saturated carbocycles. The predicted molar refractivity (Wildman–Crippen MR) is 96.9 cm³/mol. The fourth-order valence-corrected chi connectivity index (χ4v) is 3.23. The number of amides is 1. The molecule has 1 unspecified atom stereocenters. The number of aryl methyl sites for hydroxylation is 2. The highest BCUT2D eigenvalue weighted by atomic mass is 16.1. The molecular weight excluding hydrogens is 298 g/mol. The first-order valence-electron chi connectivity index (χ1n) is 8.23. The second kappa shape index (κ2) is 6.48. The van der Waals surface area contributed by atoms with E-state index in [9.17, 15) is 4.79 Å². The molecule has 3 aromatic rings. The summed E-state index contributed by atoms with van der Waals surface area (Å²) in [7, 11) is 1.91. The van der Waals surface area contributed by atoms with Crippen molar-refractivity contribution in [3.05, 3.63) is 65.0 Å². The van der Waals surface area contributed by atoms with Gasteiger partial charge in [-0.1, -0.05) is 42.5 Å². The van der Waals surface area contributed by atoms with E-state index in [0.29, 0.717) is 6.42 Å². The molecule has 0 aliphatic carbocycles. The number of nitrogens with zero attached hydrogens (tertiary/aromatic N) is 2. The van der Waals surface area contributed by atoms with Crippen molar-refractivity contribution in [1.82, 2.24) is 15.1 Å². The number of hydrogen-bond donors (Lipinski definition) is 1. The van der Waals surface area contributed by atoms with E-state index in [-0.39, 0.29) is 11.9 Å². The molecule has 1 atom stereocenters. The number of hydrogen-bond acceptors (Lipinski definition) is 2. The summed E-state index contributed by atoms with van der Waals surface area (Å²) in [4.78, 5) is 12.5. The molecule has 2 aromatic carbocycles. The molecule has 3 rings (SSSR count). The number of nitrogens with one attached hydrogen (secondary N) is 1. The Labute approximate surface area is 142 Å². The smallest absolute Gasteiger partial charge is 0.225 e. The van der Waals surface area contributed by atoms with Crippen LogP contribution in [0.3, 0.4) is 0 Å². The standard InChI is InChI=1S/C20H23N3O/c1-13(17-11-7-9-16-8-5-6-10-18(16)17)21-20(24)12-19-14(2)22-23(4)15(19)3/h5-11,13H,12H2,1-4H3,(H,21,24). The average Bonchev–Trinajstić information content (AvgIpc) is 2.80. The van der Waals surface area contributed by atoms with E-state index in [1.54, 1.807) is 0 Å². The third-order valence-electron chi connectivity index (χ3n) is 4.66. The van der Waals surface area contributed by atoms with Gasteiger partial charge in [0, 0.05) is 18.3 Å². The van der Waals surface area contributed by atoms with E-state index in [1.165, 1.54) is 10.8 Å². The maximum absolute atomic E-state index is 12.5. The molecule has 4 heteroatoms. The monoisotopic (exact) mass is 321 g/mol. The van der Waals surface area contributed by atoms with Crippen molar-refractivity contribution in [2.24, 2.45) is 7.05 Å². The lowest BCUT2D eigenvalue weighted by molar-refractivity contribution is -0.121. The van der Waals surface area contributed by atoms with Crippen LogP contribution < -0.4 is 5.32 Å². The largest absolute Gasteiger partial charge is 0.349 e. The lowest BCUT2D eigenvalue weighted by Crippen LogP contribution is -2.28. The molecule has 124 valence electrons. The molecule has 24 heavy (non-hydrogen) atoms. The summed E-state index contributed by atoms with van der Waals surface area (Å²) < 4.78 is 1.83. The molecule has 1 aromatic heterocycles. The van der Waals surface area contributed by atoms with E-state index in [2.05, 4.69) is 34.7 Å². The van der Waals surface area contributed by atoms with Crippen LogP contribution in [-0.2, 0) is 18.3 Å². The SMILES string of the molecule is Cc1nn(C)c(C)c1CC(=O)NC(C)c1cccc2ccccc12. The first kappa shape index (κ1) is 16.2. The molecule has 1 amide bonds. The summed E-state index contributed by atoms with van der Waals surface area (Å²) in [5.41, 5.74) is 4.12. The molecule has 1 heterocycles. The van der Waals surface area contributed by atoms with Crippen LogP contribution in [0.4, 0.5) is 0 Å². The Morgan fingerprint density at radius 1 is 1.17 bits per heavy atom. The van der Waals surface area contributed by atoms with E-state index < -0.39 is 0 Å². The molecule has 0 bridgehead atoms. The van der Waals surface area contributed by atoms with Crippen LogP contribution in [0.5, 0.6) is 0 Å². The van der Waals surface area contributed by atoms with Gasteiger partial charge in [-0.3, -0.25) is 9.48 Å². The van der Waals surface area contributed by atoms with Crippen LogP contribution >= 0.6 is 0 Å². The fourth-order valence-electron chi connectivity index (χ4n) is 3.23. The molecule has 0 spiro atoms. The normalized spacial score (nSPS) is 12.3. The summed E-state index contributed by atoms with van der Waals surface area (Å²) in [6.45, 7) is 5.98. The van der Waals surface area contributed by atoms with Gasteiger partial charge in [0.05, 0.1) is 18.2 Å². The van der Waals surface area contributed by atoms with Gasteiger partial charge in [-0.25, -0.2) is 0 Å². The van der Waals surface area contributed by atoms with Crippen molar-refractivity contribution >= 4 is 16.7 Å². The van der Waals surface area contributed by atoms with Gasteiger partial charge < -0.3 is 5.32 Å². The molecule has 0 aliphatic rings. The Morgan fingerprint density at radius 3 is 2.58 bits per heavy atom. The number of benzene rings is 2. The number of fused-ring (bicyclic) bond motifs is 1. The van der Waals surface area contributed by atoms with E-state index in [1.807, 2.05) is 50.7 Å². The van der Waals surface area contributed by atoms with Crippen molar-refractivity contribution in [3.63, 3.8) is 0 Å². The maximum Gasteiger partial charge on any atom is 0.225 e. The van der Waals surface area contributed by atoms with Crippen molar-refractivity contribution in [1.29, 1.82) is 0 Å². The minimum atomic E-state index is -0.0408. The second-order valence-corrected chi connectivity index (χ2v) is 6.31. The van der Waals surface area contributed by atoms with Crippen LogP contribution in [0.15, 0.2) is 42.5 Å². The summed E-state index contributed by atoms with van der Waals surface area (Å²) in [5.74, 6) is 0.0228. The quantitative estimate of drug-likeness (QED) is 0.798. The Kier molecular flexibility index (Phi) is 4.38. The number of aromatic nitrogens is 2. The highest BCUT2D eigenvalue weighted by molar-refractivity contribution is 5.87. The Bertz CT molecular complexity index is 890. The average molecular weight is 321 g/mol. The Morgan fingerprint density at radius 2 is 1.88 bits per heavy atom. The van der Waals surface area contributed by atoms with E-state index >= 15 is 0 Å². The van der Waals surface area contributed by atoms with Crippen molar-refractivity contribution < 1.29 is 4.79 Å². The molecule has 0 fully saturated rings. The van der Waals surface area contributed by atoms with Gasteiger partial charge in [-0.05, 0) is 37.1 Å². The highest BCUT2D eigenvalue weighted by Crippen LogP contribution is 2.24. The molecule has 0 saturated heterocycles. The zero-order valence-corrected chi connectivity index (χ0v) is 14.6. The van der Waals surface area contributed by atoms with Gasteiger partial charge >= 0.3 is 0 Å². The highest BCUT2D eigenvalue weighted by Gasteiger charge is 2.16. The van der Waals surface area contributed by atoms with Crippen LogP contribution in [0, 0.1) is 13.8 Å². The summed E-state index contributed by atoms with van der Waals surface area (Å²) in [5, 5.41) is 9.87. The number of carbonyl (C=O) groups excluding carboxylic acids is 1. The first-order chi connectivity index (χ1) is 11.5. The minimum absolute atomic E-state index is 0.0228. The van der Waals surface area contributed by atoms with Gasteiger partial charge in [0.2, 0.25) is 5.91 Å². The number of carbonyl (C=O) groups is 1. The lowest BCUT2D eigenvalue weighted by atomic mass is 9.99. The topological polar surface area (TPSA) is 46.9 Å². The summed E-state index contributed by atoms with van der Waals surface area (Å²) >= 11 is 0. The molecular formula is C20H23N3O. The van der Waals surface area contributed by atoms with Gasteiger partial charge in [-0.15, -0.1) is 0 Å². The van der Waals surface area contributed by atoms with E-state index in [4.69, 9.17) is 0 Å². The zero-order chi connectivity index (χ0) is 17.3. The van der Waals surface area contributed by atoms with Crippen LogP contribution in [0.2, 0.25) is 0 Å². The fraction of sp³-hybridized carbons (Fsp3) is 0.300.